The smallest absolute Gasteiger partial charge is 0.0558 e. The second-order valence-corrected chi connectivity index (χ2v) is 6.03. The second-order valence-electron chi connectivity index (χ2n) is 6.03. The summed E-state index contributed by atoms with van der Waals surface area (Å²) in [7, 11) is 0. The van der Waals surface area contributed by atoms with Crippen LogP contribution in [-0.2, 0) is 0 Å². The number of aliphatic hydroxyl groups is 1. The molecule has 2 aliphatic heterocycles. The Kier molecular flexibility index (Phi) is 6.57. The Morgan fingerprint density at radius 3 is 2.79 bits per heavy atom. The van der Waals surface area contributed by atoms with Crippen LogP contribution < -0.4 is 5.32 Å². The molecule has 0 aromatic carbocycles. The molecule has 2 unspecified atom stereocenters. The molecule has 0 aromatic heterocycles. The Labute approximate surface area is 118 Å². The average molecular weight is 269 g/mol. The van der Waals surface area contributed by atoms with Crippen molar-refractivity contribution in [3.63, 3.8) is 0 Å². The molecule has 2 rings (SSSR count). The van der Waals surface area contributed by atoms with Crippen LogP contribution in [0.4, 0.5) is 0 Å². The SMILES string of the molecule is CCN1CCCC(N(CCO)CC2CCCN2)CC1. The van der Waals surface area contributed by atoms with Crippen molar-refractivity contribution in [1.82, 2.24) is 15.1 Å². The Balaban J connectivity index is 1.85. The van der Waals surface area contributed by atoms with Crippen LogP contribution in [0, 0.1) is 0 Å². The molecule has 4 nitrogen and oxygen atoms in total. The van der Waals surface area contributed by atoms with Gasteiger partial charge in [-0.15, -0.1) is 0 Å². The van der Waals surface area contributed by atoms with Crippen LogP contribution in [0.15, 0.2) is 0 Å². The molecule has 112 valence electrons. The van der Waals surface area contributed by atoms with Crippen LogP contribution in [0.25, 0.3) is 0 Å². The van der Waals surface area contributed by atoms with E-state index in [0.717, 1.165) is 13.1 Å². The molecule has 2 heterocycles. The summed E-state index contributed by atoms with van der Waals surface area (Å²) in [5.74, 6) is 0. The van der Waals surface area contributed by atoms with Gasteiger partial charge in [-0.05, 0) is 58.3 Å². The van der Waals surface area contributed by atoms with Crippen molar-refractivity contribution in [3.05, 3.63) is 0 Å². The van der Waals surface area contributed by atoms with Crippen LogP contribution >= 0.6 is 0 Å². The lowest BCUT2D eigenvalue weighted by Gasteiger charge is -2.32. The summed E-state index contributed by atoms with van der Waals surface area (Å²) in [6.45, 7) is 9.34. The maximum atomic E-state index is 9.34. The van der Waals surface area contributed by atoms with Crippen molar-refractivity contribution in [2.75, 3.05) is 45.9 Å². The van der Waals surface area contributed by atoms with Crippen LogP contribution in [0.5, 0.6) is 0 Å². The molecular weight excluding hydrogens is 238 g/mol. The third-order valence-corrected chi connectivity index (χ3v) is 4.76. The van der Waals surface area contributed by atoms with Crippen LogP contribution in [0.1, 0.15) is 39.0 Å². The van der Waals surface area contributed by atoms with Gasteiger partial charge in [0.25, 0.3) is 0 Å². The van der Waals surface area contributed by atoms with E-state index in [1.165, 1.54) is 58.3 Å². The van der Waals surface area contributed by atoms with Gasteiger partial charge < -0.3 is 15.3 Å². The maximum Gasteiger partial charge on any atom is 0.0558 e. The van der Waals surface area contributed by atoms with Gasteiger partial charge in [0.2, 0.25) is 0 Å². The van der Waals surface area contributed by atoms with Gasteiger partial charge in [-0.25, -0.2) is 0 Å². The minimum Gasteiger partial charge on any atom is -0.395 e. The van der Waals surface area contributed by atoms with E-state index in [9.17, 15) is 5.11 Å². The fourth-order valence-electron chi connectivity index (χ4n) is 3.57. The number of hydrogen-bond donors (Lipinski definition) is 2. The molecule has 0 radical (unpaired) electrons. The maximum absolute atomic E-state index is 9.34. The second kappa shape index (κ2) is 8.20. The number of aliphatic hydroxyl groups excluding tert-OH is 1. The van der Waals surface area contributed by atoms with Crippen LogP contribution in [-0.4, -0.2) is 72.9 Å². The molecule has 0 saturated carbocycles. The van der Waals surface area contributed by atoms with E-state index in [0.29, 0.717) is 18.7 Å². The van der Waals surface area contributed by atoms with Gasteiger partial charge in [-0.2, -0.15) is 0 Å². The Morgan fingerprint density at radius 2 is 2.11 bits per heavy atom. The van der Waals surface area contributed by atoms with Crippen molar-refractivity contribution >= 4 is 0 Å². The molecule has 2 saturated heterocycles. The predicted molar refractivity (Wildman–Crippen MR) is 79.4 cm³/mol. The van der Waals surface area contributed by atoms with E-state index < -0.39 is 0 Å². The lowest BCUT2D eigenvalue weighted by Crippen LogP contribution is -2.45. The number of rotatable bonds is 6. The van der Waals surface area contributed by atoms with Crippen molar-refractivity contribution in [3.8, 4) is 0 Å². The predicted octanol–water partition coefficient (Wildman–Crippen LogP) is 0.907. The highest BCUT2D eigenvalue weighted by atomic mass is 16.3. The van der Waals surface area contributed by atoms with E-state index in [4.69, 9.17) is 0 Å². The minimum atomic E-state index is 0.292. The molecule has 0 aliphatic carbocycles. The molecular formula is C15H31N3O. The van der Waals surface area contributed by atoms with Gasteiger partial charge in [0.05, 0.1) is 6.61 Å². The average Bonchev–Trinajstić information content (AvgIpc) is 2.81. The fourth-order valence-corrected chi connectivity index (χ4v) is 3.57. The largest absolute Gasteiger partial charge is 0.395 e. The summed E-state index contributed by atoms with van der Waals surface area (Å²) in [6.07, 6.45) is 6.48. The molecule has 2 aliphatic rings. The summed E-state index contributed by atoms with van der Waals surface area (Å²) >= 11 is 0. The highest BCUT2D eigenvalue weighted by molar-refractivity contribution is 4.83. The van der Waals surface area contributed by atoms with Gasteiger partial charge in [0.1, 0.15) is 0 Å². The first kappa shape index (κ1) is 15.2. The van der Waals surface area contributed by atoms with Crippen LogP contribution in [0.2, 0.25) is 0 Å². The van der Waals surface area contributed by atoms with Crippen molar-refractivity contribution in [2.45, 2.75) is 51.1 Å². The van der Waals surface area contributed by atoms with Gasteiger partial charge in [0, 0.05) is 25.2 Å². The third kappa shape index (κ3) is 4.71. The topological polar surface area (TPSA) is 38.7 Å². The van der Waals surface area contributed by atoms with E-state index in [1.807, 2.05) is 0 Å². The first-order valence-electron chi connectivity index (χ1n) is 8.14. The zero-order chi connectivity index (χ0) is 13.5. The molecule has 0 aromatic rings. The van der Waals surface area contributed by atoms with Crippen molar-refractivity contribution < 1.29 is 5.11 Å². The Bertz CT molecular complexity index is 244. The van der Waals surface area contributed by atoms with E-state index in [1.54, 1.807) is 0 Å². The number of hydrogen-bond acceptors (Lipinski definition) is 4. The Morgan fingerprint density at radius 1 is 1.21 bits per heavy atom. The van der Waals surface area contributed by atoms with E-state index in [-0.39, 0.29) is 0 Å². The zero-order valence-corrected chi connectivity index (χ0v) is 12.5. The first-order valence-corrected chi connectivity index (χ1v) is 8.14. The number of nitrogens with zero attached hydrogens (tertiary/aromatic N) is 2. The number of nitrogens with one attached hydrogen (secondary N) is 1. The summed E-state index contributed by atoms with van der Waals surface area (Å²) in [5.41, 5.74) is 0. The Hall–Kier alpha value is -0.160. The van der Waals surface area contributed by atoms with E-state index in [2.05, 4.69) is 22.0 Å². The molecule has 0 bridgehead atoms. The monoisotopic (exact) mass is 269 g/mol. The summed E-state index contributed by atoms with van der Waals surface area (Å²) < 4.78 is 0. The van der Waals surface area contributed by atoms with Crippen molar-refractivity contribution in [1.29, 1.82) is 0 Å². The van der Waals surface area contributed by atoms with Crippen molar-refractivity contribution in [2.24, 2.45) is 0 Å². The first-order chi connectivity index (χ1) is 9.33. The molecule has 19 heavy (non-hydrogen) atoms. The molecule has 0 amide bonds. The zero-order valence-electron chi connectivity index (χ0n) is 12.5. The molecule has 2 N–H and O–H groups in total. The molecule has 2 fully saturated rings. The highest BCUT2D eigenvalue weighted by Crippen LogP contribution is 2.18. The summed E-state index contributed by atoms with van der Waals surface area (Å²) in [4.78, 5) is 5.10. The lowest BCUT2D eigenvalue weighted by molar-refractivity contribution is 0.128. The summed E-state index contributed by atoms with van der Waals surface area (Å²) in [5, 5.41) is 12.9. The fraction of sp³-hybridized carbons (Fsp3) is 1.00. The normalized spacial score (nSPS) is 29.8. The van der Waals surface area contributed by atoms with Gasteiger partial charge in [0.15, 0.2) is 0 Å². The third-order valence-electron chi connectivity index (χ3n) is 4.76. The van der Waals surface area contributed by atoms with Gasteiger partial charge in [-0.1, -0.05) is 6.92 Å². The standard InChI is InChI=1S/C15H31N3O/c1-2-17-9-4-6-15(7-10-17)18(11-12-19)13-14-5-3-8-16-14/h14-16,19H,2-13H2,1H3. The molecule has 0 spiro atoms. The highest BCUT2D eigenvalue weighted by Gasteiger charge is 2.25. The quantitative estimate of drug-likeness (QED) is 0.752. The van der Waals surface area contributed by atoms with Gasteiger partial charge >= 0.3 is 0 Å². The lowest BCUT2D eigenvalue weighted by atomic mass is 10.1. The van der Waals surface area contributed by atoms with E-state index >= 15 is 0 Å². The molecule has 4 heteroatoms. The minimum absolute atomic E-state index is 0.292. The molecule has 2 atom stereocenters. The van der Waals surface area contributed by atoms with Gasteiger partial charge in [-0.3, -0.25) is 4.90 Å². The van der Waals surface area contributed by atoms with Crippen LogP contribution in [0.3, 0.4) is 0 Å². The summed E-state index contributed by atoms with van der Waals surface area (Å²) in [6, 6.07) is 1.32. The number of likely N-dealkylation sites (tertiary alicyclic amines) is 1.